The van der Waals surface area contributed by atoms with Crippen LogP contribution in [-0.4, -0.2) is 27.9 Å². The Bertz CT molecular complexity index is 847. The zero-order valence-electron chi connectivity index (χ0n) is 12.1. The van der Waals surface area contributed by atoms with Crippen LogP contribution in [0.4, 0.5) is 6.01 Å². The van der Waals surface area contributed by atoms with Crippen LogP contribution in [0.2, 0.25) is 0 Å². The average Bonchev–Trinajstić information content (AvgIpc) is 3.01. The summed E-state index contributed by atoms with van der Waals surface area (Å²) in [6, 6.07) is 10.0. The maximum Gasteiger partial charge on any atom is 0.302 e. The zero-order chi connectivity index (χ0) is 14.9. The summed E-state index contributed by atoms with van der Waals surface area (Å²) in [4.78, 5) is 18.4. The second-order valence-electron chi connectivity index (χ2n) is 5.46. The number of para-hydroxylation sites is 1. The van der Waals surface area contributed by atoms with Gasteiger partial charge in [-0.3, -0.25) is 4.79 Å². The zero-order valence-corrected chi connectivity index (χ0v) is 12.1. The molecule has 22 heavy (non-hydrogen) atoms. The van der Waals surface area contributed by atoms with E-state index in [9.17, 15) is 4.79 Å². The van der Waals surface area contributed by atoms with Gasteiger partial charge in [-0.1, -0.05) is 18.2 Å². The van der Waals surface area contributed by atoms with E-state index in [2.05, 4.69) is 10.1 Å². The third kappa shape index (κ3) is 2.16. The number of rotatable bonds is 2. The molecule has 1 aliphatic heterocycles. The molecule has 1 fully saturated rings. The second-order valence-corrected chi connectivity index (χ2v) is 5.46. The molecule has 0 bridgehead atoms. The molecule has 3 aromatic rings. The van der Waals surface area contributed by atoms with Crippen molar-refractivity contribution < 1.29 is 4.42 Å². The highest BCUT2D eigenvalue weighted by Crippen LogP contribution is 2.22. The van der Waals surface area contributed by atoms with Gasteiger partial charge < -0.3 is 9.32 Å². The van der Waals surface area contributed by atoms with Gasteiger partial charge in [-0.05, 0) is 31.4 Å². The van der Waals surface area contributed by atoms with Crippen LogP contribution in [0.3, 0.4) is 0 Å². The Balaban J connectivity index is 1.86. The van der Waals surface area contributed by atoms with Crippen LogP contribution in [0.25, 0.3) is 16.8 Å². The summed E-state index contributed by atoms with van der Waals surface area (Å²) in [7, 11) is 0. The summed E-state index contributed by atoms with van der Waals surface area (Å²) in [6.45, 7) is 1.75. The maximum atomic E-state index is 12.2. The Morgan fingerprint density at radius 1 is 1.05 bits per heavy atom. The van der Waals surface area contributed by atoms with Gasteiger partial charge in [-0.25, -0.2) is 0 Å². The van der Waals surface area contributed by atoms with E-state index in [1.54, 1.807) is 4.68 Å². The Labute approximate surface area is 127 Å². The molecule has 2 aromatic heterocycles. The molecule has 0 aliphatic carbocycles. The van der Waals surface area contributed by atoms with Crippen LogP contribution >= 0.6 is 0 Å². The van der Waals surface area contributed by atoms with Crippen LogP contribution in [0.5, 0.6) is 0 Å². The van der Waals surface area contributed by atoms with E-state index >= 15 is 0 Å². The summed E-state index contributed by atoms with van der Waals surface area (Å²) < 4.78 is 7.57. The summed E-state index contributed by atoms with van der Waals surface area (Å²) in [5.41, 5.74) is 1.02. The normalized spacial score (nSPS) is 15.4. The number of nitrogens with zero attached hydrogens (tertiary/aromatic N) is 4. The van der Waals surface area contributed by atoms with Gasteiger partial charge in [-0.2, -0.15) is 14.8 Å². The fourth-order valence-corrected chi connectivity index (χ4v) is 2.81. The van der Waals surface area contributed by atoms with Crippen LogP contribution in [0, 0.1) is 0 Å². The van der Waals surface area contributed by atoms with Gasteiger partial charge in [0.1, 0.15) is 5.39 Å². The molecule has 1 saturated heterocycles. The first-order chi connectivity index (χ1) is 10.8. The SMILES string of the molecule is O=c1nc(N2CCCCC2)oc2c1cnn2-c1ccccc1. The molecule has 4 rings (SSSR count). The van der Waals surface area contributed by atoms with E-state index in [0.717, 1.165) is 31.6 Å². The van der Waals surface area contributed by atoms with Crippen molar-refractivity contribution in [2.45, 2.75) is 19.3 Å². The summed E-state index contributed by atoms with van der Waals surface area (Å²) in [6.07, 6.45) is 4.93. The highest BCUT2D eigenvalue weighted by atomic mass is 16.4. The van der Waals surface area contributed by atoms with Crippen molar-refractivity contribution >= 4 is 17.1 Å². The highest BCUT2D eigenvalue weighted by Gasteiger charge is 2.19. The summed E-state index contributed by atoms with van der Waals surface area (Å²) >= 11 is 0. The van der Waals surface area contributed by atoms with Crippen LogP contribution in [0.1, 0.15) is 19.3 Å². The Morgan fingerprint density at radius 3 is 2.59 bits per heavy atom. The number of aromatic nitrogens is 3. The molecular weight excluding hydrogens is 280 g/mol. The topological polar surface area (TPSA) is 64.2 Å². The third-order valence-electron chi connectivity index (χ3n) is 3.97. The molecule has 0 amide bonds. The van der Waals surface area contributed by atoms with Crippen LogP contribution < -0.4 is 10.5 Å². The molecule has 0 N–H and O–H groups in total. The largest absolute Gasteiger partial charge is 0.406 e. The van der Waals surface area contributed by atoms with Crippen molar-refractivity contribution in [3.63, 3.8) is 0 Å². The molecule has 0 saturated carbocycles. The van der Waals surface area contributed by atoms with Crippen molar-refractivity contribution in [3.05, 3.63) is 46.9 Å². The Morgan fingerprint density at radius 2 is 1.82 bits per heavy atom. The molecule has 6 nitrogen and oxygen atoms in total. The minimum atomic E-state index is -0.288. The van der Waals surface area contributed by atoms with Gasteiger partial charge in [0.25, 0.3) is 5.56 Å². The Kier molecular flexibility index (Phi) is 3.14. The smallest absolute Gasteiger partial charge is 0.302 e. The number of anilines is 1. The molecule has 0 spiro atoms. The van der Waals surface area contributed by atoms with E-state index < -0.39 is 0 Å². The summed E-state index contributed by atoms with van der Waals surface area (Å²) in [5, 5.41) is 4.68. The number of piperidine rings is 1. The maximum absolute atomic E-state index is 12.2. The molecule has 6 heteroatoms. The lowest BCUT2D eigenvalue weighted by molar-refractivity contribution is 0.487. The first-order valence-corrected chi connectivity index (χ1v) is 7.52. The van der Waals surface area contributed by atoms with Gasteiger partial charge in [0.15, 0.2) is 0 Å². The van der Waals surface area contributed by atoms with Gasteiger partial charge in [0.2, 0.25) is 5.71 Å². The lowest BCUT2D eigenvalue weighted by Gasteiger charge is -2.25. The van der Waals surface area contributed by atoms with Gasteiger partial charge >= 0.3 is 6.01 Å². The molecule has 112 valence electrons. The van der Waals surface area contributed by atoms with Crippen molar-refractivity contribution in [3.8, 4) is 5.69 Å². The average molecular weight is 296 g/mol. The third-order valence-corrected chi connectivity index (χ3v) is 3.97. The monoisotopic (exact) mass is 296 g/mol. The first-order valence-electron chi connectivity index (χ1n) is 7.52. The number of fused-ring (bicyclic) bond motifs is 1. The van der Waals surface area contributed by atoms with Gasteiger partial charge in [0, 0.05) is 13.1 Å². The van der Waals surface area contributed by atoms with E-state index in [4.69, 9.17) is 4.42 Å². The lowest BCUT2D eigenvalue weighted by atomic mass is 10.1. The van der Waals surface area contributed by atoms with Gasteiger partial charge in [0.05, 0.1) is 11.9 Å². The highest BCUT2D eigenvalue weighted by molar-refractivity contribution is 5.73. The number of hydrogen-bond donors (Lipinski definition) is 0. The predicted octanol–water partition coefficient (Wildman–Crippen LogP) is 2.36. The molecule has 1 aliphatic rings. The van der Waals surface area contributed by atoms with Crippen molar-refractivity contribution in [2.24, 2.45) is 0 Å². The quantitative estimate of drug-likeness (QED) is 0.726. The first kappa shape index (κ1) is 13.1. The van der Waals surface area contributed by atoms with E-state index in [0.29, 0.717) is 17.1 Å². The fraction of sp³-hybridized carbons (Fsp3) is 0.312. The van der Waals surface area contributed by atoms with Crippen molar-refractivity contribution in [1.82, 2.24) is 14.8 Å². The molecule has 1 aromatic carbocycles. The molecule has 0 unspecified atom stereocenters. The lowest BCUT2D eigenvalue weighted by Crippen LogP contribution is -2.31. The second kappa shape index (κ2) is 5.29. The summed E-state index contributed by atoms with van der Waals surface area (Å²) in [5.74, 6) is 0. The van der Waals surface area contributed by atoms with E-state index in [1.165, 1.54) is 12.6 Å². The van der Waals surface area contributed by atoms with E-state index in [1.807, 2.05) is 35.2 Å². The van der Waals surface area contributed by atoms with E-state index in [-0.39, 0.29) is 5.56 Å². The molecule has 0 atom stereocenters. The fourth-order valence-electron chi connectivity index (χ4n) is 2.81. The standard InChI is InChI=1S/C16H16N4O2/c21-14-13-11-17-20(12-7-3-1-4-8-12)15(13)22-16(18-14)19-9-5-2-6-10-19/h1,3-4,7-8,11H,2,5-6,9-10H2. The predicted molar refractivity (Wildman–Crippen MR) is 83.5 cm³/mol. The number of benzene rings is 1. The molecular formula is C16H16N4O2. The van der Waals surface area contributed by atoms with Crippen LogP contribution in [0.15, 0.2) is 45.7 Å². The number of hydrogen-bond acceptors (Lipinski definition) is 5. The van der Waals surface area contributed by atoms with Gasteiger partial charge in [-0.15, -0.1) is 0 Å². The molecule has 3 heterocycles. The minimum absolute atomic E-state index is 0.288. The van der Waals surface area contributed by atoms with Crippen molar-refractivity contribution in [2.75, 3.05) is 18.0 Å². The van der Waals surface area contributed by atoms with Crippen molar-refractivity contribution in [1.29, 1.82) is 0 Å². The minimum Gasteiger partial charge on any atom is -0.406 e. The molecule has 0 radical (unpaired) electrons. The van der Waals surface area contributed by atoms with Crippen LogP contribution in [-0.2, 0) is 0 Å². The Hall–Kier alpha value is -2.63.